The molecule has 2 N–H and O–H groups in total. The molecule has 1 aliphatic heterocycles. The molecule has 102 valence electrons. The molecule has 2 rings (SSSR count). The van der Waals surface area contributed by atoms with Gasteiger partial charge in [-0.05, 0) is 18.4 Å². The first kappa shape index (κ1) is 13.6. The summed E-state index contributed by atoms with van der Waals surface area (Å²) >= 11 is 0. The van der Waals surface area contributed by atoms with Gasteiger partial charge in [0.05, 0.1) is 5.70 Å². The van der Waals surface area contributed by atoms with Crippen LogP contribution >= 0.6 is 0 Å². The van der Waals surface area contributed by atoms with E-state index in [2.05, 4.69) is 10.2 Å². The molecule has 1 heterocycles. The zero-order valence-corrected chi connectivity index (χ0v) is 11.2. The zero-order valence-electron chi connectivity index (χ0n) is 11.2. The van der Waals surface area contributed by atoms with Crippen molar-refractivity contribution in [1.29, 1.82) is 0 Å². The van der Waals surface area contributed by atoms with Crippen molar-refractivity contribution >= 4 is 5.91 Å². The molecule has 4 nitrogen and oxygen atoms in total. The predicted molar refractivity (Wildman–Crippen MR) is 74.1 cm³/mol. The normalized spacial score (nSPS) is 17.4. The SMILES string of the molecule is CC(=O)N/C(=C\N1CCCC1)[C@H](O)c1ccccc1. The van der Waals surface area contributed by atoms with Crippen molar-refractivity contribution in [2.45, 2.75) is 25.9 Å². The molecule has 1 atom stereocenters. The highest BCUT2D eigenvalue weighted by molar-refractivity contribution is 5.75. The van der Waals surface area contributed by atoms with Crippen LogP contribution in [0.15, 0.2) is 42.2 Å². The van der Waals surface area contributed by atoms with Gasteiger partial charge in [0.2, 0.25) is 5.91 Å². The summed E-state index contributed by atoms with van der Waals surface area (Å²) in [7, 11) is 0. The van der Waals surface area contributed by atoms with Gasteiger partial charge in [-0.2, -0.15) is 0 Å². The lowest BCUT2D eigenvalue weighted by Gasteiger charge is -2.20. The molecule has 0 unspecified atom stereocenters. The highest BCUT2D eigenvalue weighted by Gasteiger charge is 2.17. The summed E-state index contributed by atoms with van der Waals surface area (Å²) in [6.07, 6.45) is 3.38. The smallest absolute Gasteiger partial charge is 0.221 e. The van der Waals surface area contributed by atoms with Gasteiger partial charge in [0.1, 0.15) is 6.10 Å². The standard InChI is InChI=1S/C15H20N2O2/c1-12(18)16-14(11-17-9-5-6-10-17)15(19)13-7-3-2-4-8-13/h2-4,7-8,11,15,19H,5-6,9-10H2,1H3,(H,16,18)/b14-11-/t15-/m1/s1. The minimum absolute atomic E-state index is 0.166. The van der Waals surface area contributed by atoms with Gasteiger partial charge in [0.15, 0.2) is 0 Å². The van der Waals surface area contributed by atoms with Gasteiger partial charge in [-0.25, -0.2) is 0 Å². The molecule has 0 aromatic heterocycles. The van der Waals surface area contributed by atoms with Crippen LogP contribution in [0.2, 0.25) is 0 Å². The predicted octanol–water partition coefficient (Wildman–Crippen LogP) is 1.79. The Balaban J connectivity index is 2.19. The van der Waals surface area contributed by atoms with E-state index in [1.807, 2.05) is 36.5 Å². The number of carbonyl (C=O) groups is 1. The van der Waals surface area contributed by atoms with Gasteiger partial charge in [-0.3, -0.25) is 4.79 Å². The summed E-state index contributed by atoms with van der Waals surface area (Å²) < 4.78 is 0. The summed E-state index contributed by atoms with van der Waals surface area (Å²) in [5.41, 5.74) is 1.32. The molecule has 1 aliphatic rings. The van der Waals surface area contributed by atoms with Gasteiger partial charge >= 0.3 is 0 Å². The Bertz CT molecular complexity index is 450. The summed E-state index contributed by atoms with van der Waals surface area (Å²) in [6.45, 7) is 3.41. The summed E-state index contributed by atoms with van der Waals surface area (Å²) in [6, 6.07) is 9.35. The molecule has 0 radical (unpaired) electrons. The number of aliphatic hydroxyl groups excluding tert-OH is 1. The summed E-state index contributed by atoms with van der Waals surface area (Å²) in [4.78, 5) is 13.4. The lowest BCUT2D eigenvalue weighted by Crippen LogP contribution is -2.26. The van der Waals surface area contributed by atoms with Crippen LogP contribution in [-0.2, 0) is 4.79 Å². The minimum Gasteiger partial charge on any atom is -0.382 e. The Morgan fingerprint density at radius 2 is 1.95 bits per heavy atom. The number of amides is 1. The molecule has 1 aromatic rings. The third-order valence-electron chi connectivity index (χ3n) is 3.19. The first-order chi connectivity index (χ1) is 9.16. The van der Waals surface area contributed by atoms with Crippen molar-refractivity contribution in [3.8, 4) is 0 Å². The maximum atomic E-state index is 11.3. The van der Waals surface area contributed by atoms with Crippen molar-refractivity contribution in [2.75, 3.05) is 13.1 Å². The maximum Gasteiger partial charge on any atom is 0.221 e. The van der Waals surface area contributed by atoms with Gasteiger partial charge in [-0.15, -0.1) is 0 Å². The molecule has 1 fully saturated rings. The first-order valence-electron chi connectivity index (χ1n) is 6.63. The van der Waals surface area contributed by atoms with Crippen molar-refractivity contribution in [3.63, 3.8) is 0 Å². The molecular weight excluding hydrogens is 240 g/mol. The summed E-state index contributed by atoms with van der Waals surface area (Å²) in [5, 5.41) is 13.1. The first-order valence-corrected chi connectivity index (χ1v) is 6.63. The molecular formula is C15H20N2O2. The van der Waals surface area contributed by atoms with Gasteiger partial charge in [-0.1, -0.05) is 30.3 Å². The number of likely N-dealkylation sites (tertiary alicyclic amines) is 1. The number of nitrogens with one attached hydrogen (secondary N) is 1. The van der Waals surface area contributed by atoms with Crippen LogP contribution in [0.25, 0.3) is 0 Å². The van der Waals surface area contributed by atoms with E-state index in [1.165, 1.54) is 6.92 Å². The quantitative estimate of drug-likeness (QED) is 0.868. The molecule has 0 spiro atoms. The lowest BCUT2D eigenvalue weighted by atomic mass is 10.1. The Kier molecular flexibility index (Phi) is 4.58. The van der Waals surface area contributed by atoms with Gasteiger partial charge in [0.25, 0.3) is 0 Å². The van der Waals surface area contributed by atoms with E-state index in [9.17, 15) is 9.90 Å². The number of rotatable bonds is 4. The molecule has 0 bridgehead atoms. The minimum atomic E-state index is -0.800. The average Bonchev–Trinajstić information content (AvgIpc) is 2.90. The van der Waals surface area contributed by atoms with Crippen LogP contribution < -0.4 is 5.32 Å². The van der Waals surface area contributed by atoms with Crippen molar-refractivity contribution in [1.82, 2.24) is 10.2 Å². The Morgan fingerprint density at radius 1 is 1.32 bits per heavy atom. The van der Waals surface area contributed by atoms with E-state index < -0.39 is 6.10 Å². The van der Waals surface area contributed by atoms with E-state index in [4.69, 9.17) is 0 Å². The molecule has 1 aromatic carbocycles. The van der Waals surface area contributed by atoms with Crippen LogP contribution in [0.4, 0.5) is 0 Å². The third-order valence-corrected chi connectivity index (χ3v) is 3.19. The van der Waals surface area contributed by atoms with Crippen LogP contribution in [0.1, 0.15) is 31.4 Å². The number of aliphatic hydroxyl groups is 1. The van der Waals surface area contributed by atoms with Crippen LogP contribution in [0, 0.1) is 0 Å². The number of hydrogen-bond acceptors (Lipinski definition) is 3. The summed E-state index contributed by atoms with van der Waals surface area (Å²) in [5.74, 6) is -0.166. The molecule has 1 amide bonds. The maximum absolute atomic E-state index is 11.3. The average molecular weight is 260 g/mol. The molecule has 0 saturated carbocycles. The number of hydrogen-bond donors (Lipinski definition) is 2. The van der Waals surface area contributed by atoms with Crippen LogP contribution in [0.3, 0.4) is 0 Å². The largest absolute Gasteiger partial charge is 0.382 e. The van der Waals surface area contributed by atoms with E-state index >= 15 is 0 Å². The van der Waals surface area contributed by atoms with Gasteiger partial charge in [0, 0.05) is 26.2 Å². The van der Waals surface area contributed by atoms with Crippen LogP contribution in [-0.4, -0.2) is 29.0 Å². The highest BCUT2D eigenvalue weighted by Crippen LogP contribution is 2.21. The molecule has 1 saturated heterocycles. The molecule has 4 heteroatoms. The van der Waals surface area contributed by atoms with E-state index in [-0.39, 0.29) is 5.91 Å². The third kappa shape index (κ3) is 3.83. The topological polar surface area (TPSA) is 52.6 Å². The Hall–Kier alpha value is -1.81. The number of carbonyl (C=O) groups excluding carboxylic acids is 1. The second kappa shape index (κ2) is 6.38. The number of nitrogens with zero attached hydrogens (tertiary/aromatic N) is 1. The van der Waals surface area contributed by atoms with E-state index in [0.717, 1.165) is 31.5 Å². The van der Waals surface area contributed by atoms with E-state index in [1.54, 1.807) is 0 Å². The van der Waals surface area contributed by atoms with E-state index in [0.29, 0.717) is 5.70 Å². The Labute approximate surface area is 113 Å². The zero-order chi connectivity index (χ0) is 13.7. The lowest BCUT2D eigenvalue weighted by molar-refractivity contribution is -0.118. The monoisotopic (exact) mass is 260 g/mol. The van der Waals surface area contributed by atoms with Crippen molar-refractivity contribution < 1.29 is 9.90 Å². The fraction of sp³-hybridized carbons (Fsp3) is 0.400. The molecule has 19 heavy (non-hydrogen) atoms. The second-order valence-electron chi connectivity index (χ2n) is 4.82. The fourth-order valence-electron chi connectivity index (χ4n) is 2.26. The molecule has 0 aliphatic carbocycles. The van der Waals surface area contributed by atoms with Crippen molar-refractivity contribution in [2.24, 2.45) is 0 Å². The van der Waals surface area contributed by atoms with Crippen LogP contribution in [0.5, 0.6) is 0 Å². The number of benzene rings is 1. The van der Waals surface area contributed by atoms with Gasteiger partial charge < -0.3 is 15.3 Å². The fourth-order valence-corrected chi connectivity index (χ4v) is 2.26. The highest BCUT2D eigenvalue weighted by atomic mass is 16.3. The Morgan fingerprint density at radius 3 is 2.53 bits per heavy atom. The van der Waals surface area contributed by atoms with Crippen molar-refractivity contribution in [3.05, 3.63) is 47.8 Å². The second-order valence-corrected chi connectivity index (χ2v) is 4.82.